The fraction of sp³-hybridized carbons (Fsp3) is 0.429. The molecule has 2 aliphatic rings. The third-order valence-electron chi connectivity index (χ3n) is 5.83. The number of aryl methyl sites for hydroxylation is 1. The first-order valence-corrected chi connectivity index (χ1v) is 10.9. The van der Waals surface area contributed by atoms with E-state index in [1.165, 1.54) is 24.2 Å². The van der Waals surface area contributed by atoms with Crippen LogP contribution in [0.15, 0.2) is 34.8 Å². The first kappa shape index (κ1) is 18.3. The van der Waals surface area contributed by atoms with Crippen LogP contribution >= 0.6 is 11.3 Å². The summed E-state index contributed by atoms with van der Waals surface area (Å²) >= 11 is 1.40. The molecular formula is C21H23N5O2S. The Balaban J connectivity index is 1.31. The zero-order valence-electron chi connectivity index (χ0n) is 16.4. The Kier molecular flexibility index (Phi) is 4.58. The van der Waals surface area contributed by atoms with Crippen LogP contribution in [-0.4, -0.2) is 51.5 Å². The average Bonchev–Trinajstić information content (AvgIpc) is 3.47. The van der Waals surface area contributed by atoms with Gasteiger partial charge in [0.1, 0.15) is 4.88 Å². The van der Waals surface area contributed by atoms with Crippen molar-refractivity contribution in [2.24, 2.45) is 5.92 Å². The van der Waals surface area contributed by atoms with Crippen LogP contribution in [-0.2, 0) is 6.54 Å². The highest BCUT2D eigenvalue weighted by Crippen LogP contribution is 2.30. The lowest BCUT2D eigenvalue weighted by atomic mass is 10.2. The van der Waals surface area contributed by atoms with Crippen LogP contribution in [0.5, 0.6) is 0 Å². The summed E-state index contributed by atoms with van der Waals surface area (Å²) in [6.07, 6.45) is 4.10. The molecule has 2 fully saturated rings. The van der Waals surface area contributed by atoms with Crippen LogP contribution in [0.4, 0.5) is 5.69 Å². The molecule has 1 saturated heterocycles. The Morgan fingerprint density at radius 3 is 2.66 bits per heavy atom. The number of nitrogens with zero attached hydrogens (tertiary/aromatic N) is 5. The maximum Gasteiger partial charge on any atom is 0.265 e. The van der Waals surface area contributed by atoms with Gasteiger partial charge in [0, 0.05) is 38.4 Å². The lowest BCUT2D eigenvalue weighted by Crippen LogP contribution is -2.48. The highest BCUT2D eigenvalue weighted by atomic mass is 32.1. The number of thiazole rings is 1. The summed E-state index contributed by atoms with van der Waals surface area (Å²) in [5, 5.41) is 0.673. The van der Waals surface area contributed by atoms with Gasteiger partial charge in [0.15, 0.2) is 0 Å². The number of carbonyl (C=O) groups excluding carboxylic acids is 1. The molecule has 0 spiro atoms. The van der Waals surface area contributed by atoms with Crippen molar-refractivity contribution < 1.29 is 4.79 Å². The van der Waals surface area contributed by atoms with Crippen molar-refractivity contribution in [1.29, 1.82) is 0 Å². The van der Waals surface area contributed by atoms with Crippen molar-refractivity contribution in [2.75, 3.05) is 31.1 Å². The smallest absolute Gasteiger partial charge is 0.265 e. The molecule has 1 aromatic carbocycles. The highest BCUT2D eigenvalue weighted by Gasteiger charge is 2.25. The molecule has 0 N–H and O–H groups in total. The summed E-state index contributed by atoms with van der Waals surface area (Å²) in [5.41, 5.74) is 4.35. The number of fused-ring (bicyclic) bond motifs is 1. The van der Waals surface area contributed by atoms with Gasteiger partial charge in [-0.3, -0.25) is 14.2 Å². The summed E-state index contributed by atoms with van der Waals surface area (Å²) in [5.74, 6) is 0.708. The van der Waals surface area contributed by atoms with E-state index in [1.807, 2.05) is 30.0 Å². The molecule has 150 valence electrons. The number of carbonyl (C=O) groups is 1. The van der Waals surface area contributed by atoms with Crippen molar-refractivity contribution >= 4 is 33.8 Å². The fourth-order valence-electron chi connectivity index (χ4n) is 3.87. The lowest BCUT2D eigenvalue weighted by molar-refractivity contribution is 0.0750. The van der Waals surface area contributed by atoms with Crippen LogP contribution in [0.1, 0.15) is 28.2 Å². The maximum atomic E-state index is 12.7. The molecule has 1 amide bonds. The first-order valence-electron chi connectivity index (χ1n) is 10.0. The first-order chi connectivity index (χ1) is 14.1. The molecule has 0 radical (unpaired) electrons. The van der Waals surface area contributed by atoms with Gasteiger partial charge in [0.05, 0.1) is 28.4 Å². The van der Waals surface area contributed by atoms with E-state index < -0.39 is 0 Å². The highest BCUT2D eigenvalue weighted by molar-refractivity contribution is 7.11. The monoisotopic (exact) mass is 409 g/mol. The number of benzene rings is 1. The number of hydrogen-bond donors (Lipinski definition) is 0. The van der Waals surface area contributed by atoms with E-state index in [0.29, 0.717) is 24.4 Å². The maximum absolute atomic E-state index is 12.7. The minimum absolute atomic E-state index is 0.0452. The Bertz CT molecular complexity index is 1130. The third-order valence-corrected chi connectivity index (χ3v) is 6.75. The Morgan fingerprint density at radius 2 is 1.97 bits per heavy atom. The molecule has 5 rings (SSSR count). The van der Waals surface area contributed by atoms with Crippen LogP contribution in [0.25, 0.3) is 10.9 Å². The quantitative estimate of drug-likeness (QED) is 0.662. The van der Waals surface area contributed by atoms with Crippen LogP contribution < -0.4 is 10.5 Å². The zero-order chi connectivity index (χ0) is 20.0. The van der Waals surface area contributed by atoms with E-state index in [4.69, 9.17) is 0 Å². The van der Waals surface area contributed by atoms with E-state index in [-0.39, 0.29) is 11.5 Å². The zero-order valence-corrected chi connectivity index (χ0v) is 17.2. The molecule has 2 aromatic heterocycles. The summed E-state index contributed by atoms with van der Waals surface area (Å²) in [6, 6.07) is 5.88. The SMILES string of the molecule is Cc1ncsc1C(=O)N1CCN(c2ccc3c(=O)n(CC4CC4)cnc3c2)CC1. The standard InChI is InChI=1S/C21H23N5O2S/c1-14-19(29-13-23-14)21(28)25-8-6-24(7-9-25)16-4-5-17-18(10-16)22-12-26(20(17)27)11-15-2-3-15/h4-5,10,12-13,15H,2-3,6-9,11H2,1H3. The topological polar surface area (TPSA) is 71.3 Å². The van der Waals surface area contributed by atoms with E-state index in [9.17, 15) is 9.59 Å². The number of aromatic nitrogens is 3. The summed E-state index contributed by atoms with van der Waals surface area (Å²) in [6.45, 7) is 5.51. The molecular weight excluding hydrogens is 386 g/mol. The van der Waals surface area contributed by atoms with Gasteiger partial charge in [0.2, 0.25) is 0 Å². The van der Waals surface area contributed by atoms with E-state index >= 15 is 0 Å². The number of hydrogen-bond acceptors (Lipinski definition) is 6. The molecule has 0 atom stereocenters. The lowest BCUT2D eigenvalue weighted by Gasteiger charge is -2.36. The van der Waals surface area contributed by atoms with Crippen molar-refractivity contribution in [3.05, 3.63) is 51.0 Å². The second-order valence-electron chi connectivity index (χ2n) is 7.89. The molecule has 1 saturated carbocycles. The average molecular weight is 410 g/mol. The van der Waals surface area contributed by atoms with Crippen LogP contribution in [0.2, 0.25) is 0 Å². The van der Waals surface area contributed by atoms with Gasteiger partial charge < -0.3 is 9.80 Å². The van der Waals surface area contributed by atoms with Crippen molar-refractivity contribution in [1.82, 2.24) is 19.4 Å². The van der Waals surface area contributed by atoms with Gasteiger partial charge in [-0.25, -0.2) is 9.97 Å². The normalized spacial score (nSPS) is 17.1. The molecule has 0 bridgehead atoms. The molecule has 1 aliphatic heterocycles. The summed E-state index contributed by atoms with van der Waals surface area (Å²) in [4.78, 5) is 39.0. The second kappa shape index (κ2) is 7.26. The van der Waals surface area contributed by atoms with Gasteiger partial charge in [-0.05, 0) is 43.9 Å². The molecule has 3 heterocycles. The molecule has 3 aromatic rings. The second-order valence-corrected chi connectivity index (χ2v) is 8.75. The van der Waals surface area contributed by atoms with E-state index in [0.717, 1.165) is 41.4 Å². The summed E-state index contributed by atoms with van der Waals surface area (Å²) < 4.78 is 1.74. The van der Waals surface area contributed by atoms with Crippen molar-refractivity contribution in [2.45, 2.75) is 26.3 Å². The number of amides is 1. The van der Waals surface area contributed by atoms with Gasteiger partial charge in [-0.1, -0.05) is 0 Å². The van der Waals surface area contributed by atoms with Crippen LogP contribution in [0, 0.1) is 12.8 Å². The molecule has 0 unspecified atom stereocenters. The minimum atomic E-state index is 0.0452. The number of anilines is 1. The van der Waals surface area contributed by atoms with Crippen molar-refractivity contribution in [3.8, 4) is 0 Å². The summed E-state index contributed by atoms with van der Waals surface area (Å²) in [7, 11) is 0. The predicted octanol–water partition coefficient (Wildman–Crippen LogP) is 2.53. The van der Waals surface area contributed by atoms with Gasteiger partial charge in [0.25, 0.3) is 11.5 Å². The fourth-order valence-corrected chi connectivity index (χ4v) is 4.64. The Hall–Kier alpha value is -2.74. The molecule has 8 heteroatoms. The van der Waals surface area contributed by atoms with Gasteiger partial charge >= 0.3 is 0 Å². The molecule has 7 nitrogen and oxygen atoms in total. The number of piperazine rings is 1. The van der Waals surface area contributed by atoms with Crippen molar-refractivity contribution in [3.63, 3.8) is 0 Å². The van der Waals surface area contributed by atoms with Gasteiger partial charge in [-0.2, -0.15) is 0 Å². The molecule has 29 heavy (non-hydrogen) atoms. The van der Waals surface area contributed by atoms with E-state index in [1.54, 1.807) is 16.4 Å². The molecule has 1 aliphatic carbocycles. The third kappa shape index (κ3) is 3.53. The number of rotatable bonds is 4. The minimum Gasteiger partial charge on any atom is -0.368 e. The Morgan fingerprint density at radius 1 is 1.17 bits per heavy atom. The van der Waals surface area contributed by atoms with E-state index in [2.05, 4.69) is 14.9 Å². The predicted molar refractivity (Wildman–Crippen MR) is 114 cm³/mol. The Labute approximate surface area is 172 Å². The van der Waals surface area contributed by atoms with Crippen LogP contribution in [0.3, 0.4) is 0 Å². The largest absolute Gasteiger partial charge is 0.368 e. The van der Waals surface area contributed by atoms with Gasteiger partial charge in [-0.15, -0.1) is 11.3 Å².